The number of halogens is 2. The predicted octanol–water partition coefficient (Wildman–Crippen LogP) is -15.1. The van der Waals surface area contributed by atoms with E-state index in [9.17, 15) is 0 Å². The summed E-state index contributed by atoms with van der Waals surface area (Å²) in [5.41, 5.74) is 0. The van der Waals surface area contributed by atoms with Crippen LogP contribution in [0.5, 0.6) is 0 Å². The molecule has 0 bridgehead atoms. The molecule has 0 fully saturated rings. The molecule has 0 aromatic carbocycles. The minimum Gasteiger partial charge on any atom is -2.00 e. The van der Waals surface area contributed by atoms with Crippen LogP contribution in [0.4, 0.5) is 0 Å². The van der Waals surface area contributed by atoms with Crippen molar-refractivity contribution in [2.24, 2.45) is 0 Å². The van der Waals surface area contributed by atoms with E-state index in [1.165, 1.54) is 0 Å². The molecule has 0 saturated carbocycles. The van der Waals surface area contributed by atoms with Crippen molar-refractivity contribution in [2.45, 2.75) is 0 Å². The van der Waals surface area contributed by atoms with Crippen LogP contribution in [-0.4, -0.2) is 53.1 Å². The minimum absolute atomic E-state index is 0. The molecule has 0 aromatic rings. The average molecular weight is 468 g/mol. The molecule has 144 valence electrons. The second kappa shape index (κ2) is 49.8. The van der Waals surface area contributed by atoms with Gasteiger partial charge in [-0.05, 0) is 0 Å². The van der Waals surface area contributed by atoms with Crippen molar-refractivity contribution in [3.8, 4) is 0 Å². The number of hydrogen-bond donors (Lipinski definition) is 2. The Balaban J connectivity index is -0.00000000364. The summed E-state index contributed by atoms with van der Waals surface area (Å²) in [4.78, 5) is 0. The first-order valence-electron chi connectivity index (χ1n) is 1.26. The summed E-state index contributed by atoms with van der Waals surface area (Å²) in [6.45, 7) is 0. The van der Waals surface area contributed by atoms with Gasteiger partial charge in [-0.2, -0.15) is 28.0 Å². The Kier molecular flexibility index (Phi) is 290. The molecule has 0 aromatic heterocycles. The van der Waals surface area contributed by atoms with Crippen LogP contribution >= 0.6 is 0 Å². The van der Waals surface area contributed by atoms with E-state index in [0.29, 0.717) is 0 Å². The van der Waals surface area contributed by atoms with E-state index >= 15 is 0 Å². The maximum atomic E-state index is 8.60. The third-order valence-corrected chi connectivity index (χ3v) is 0. The van der Waals surface area contributed by atoms with Crippen molar-refractivity contribution in [3.05, 3.63) is 0 Å². The van der Waals surface area contributed by atoms with Crippen molar-refractivity contribution < 1.29 is 139 Å². The smallest absolute Gasteiger partial charge is 2.00 e. The second-order valence-electron chi connectivity index (χ2n) is 0.792. The van der Waals surface area contributed by atoms with Gasteiger partial charge in [0.15, 0.2) is 0 Å². The summed E-state index contributed by atoms with van der Waals surface area (Å²) >= 11 is 0. The van der Waals surface area contributed by atoms with Crippen molar-refractivity contribution in [1.29, 1.82) is 0 Å². The van der Waals surface area contributed by atoms with Crippen molar-refractivity contribution in [2.75, 3.05) is 0 Å². The van der Waals surface area contributed by atoms with E-state index in [4.69, 9.17) is 37.3 Å². The fourth-order valence-corrected chi connectivity index (χ4v) is 0. The van der Waals surface area contributed by atoms with Gasteiger partial charge in [0, 0.05) is 0 Å². The zero-order valence-corrected chi connectivity index (χ0v) is 13.4. The molecule has 0 aliphatic rings. The van der Waals surface area contributed by atoms with Crippen LogP contribution in [0.2, 0.25) is 0 Å². The first-order chi connectivity index (χ1) is 4.00. The fraction of sp³-hybridized carbons (Fsp3) is 0. The molecule has 0 atom stereocenters. The monoisotopic (exact) mass is 466 g/mol. The van der Waals surface area contributed by atoms with Crippen LogP contribution in [0.3, 0.4) is 0 Å². The molecule has 0 rings (SSSR count). The summed E-state index contributed by atoms with van der Waals surface area (Å²) in [5.74, 6) is 0. The zero-order valence-electron chi connectivity index (χ0n) is 9.42. The maximum Gasteiger partial charge on any atom is 4.00 e. The Bertz CT molecular complexity index is 58.2. The number of hydrogen-bond acceptors (Lipinski definition) is 8. The fourth-order valence-electron chi connectivity index (χ4n) is 0. The van der Waals surface area contributed by atoms with E-state index in [1.54, 1.807) is 0 Å². The largest absolute Gasteiger partial charge is 4.00 e. The van der Waals surface area contributed by atoms with Crippen LogP contribution in [0.25, 0.3) is 0 Å². The van der Waals surface area contributed by atoms with E-state index in [-0.39, 0.29) is 81.0 Å². The molecule has 18 N–H and O–H groups in total. The van der Waals surface area contributed by atoms with Crippen molar-refractivity contribution in [1.82, 2.24) is 0 Å². The summed E-state index contributed by atoms with van der Waals surface area (Å²) in [7, 11) is -9.39. The van der Waals surface area contributed by atoms with E-state index in [1.807, 2.05) is 0 Å². The van der Waals surface area contributed by atoms with E-state index in [0.717, 1.165) is 0 Å². The third kappa shape index (κ3) is 13200. The van der Waals surface area contributed by atoms with E-state index < -0.39 is 20.5 Å². The minimum atomic E-state index is -4.69. The standard InChI is InChI=1S/2ClHO4.8H2O.2O.Zr/c2*2-1(3,4)5;;;;;;;;;;;/h2*(H,2,3,4,5);8*1H2;;;/q;;;;;;;;;;2*-2;+4. The molecular weight excluding hydrogens is 450 g/mol. The van der Waals surface area contributed by atoms with Gasteiger partial charge < -0.3 is 54.8 Å². The molecule has 0 spiro atoms. The topological polar surface area (TPSA) is 488 Å². The van der Waals surface area contributed by atoms with E-state index in [2.05, 4.69) is 0 Å². The second-order valence-corrected chi connectivity index (χ2v) is 2.38. The van der Waals surface area contributed by atoms with Gasteiger partial charge in [-0.25, -0.2) is 0 Å². The van der Waals surface area contributed by atoms with Gasteiger partial charge in [0.05, 0.1) is 29.8 Å². The van der Waals surface area contributed by atoms with Crippen LogP contribution in [0.1, 0.15) is 0 Å². The third-order valence-electron chi connectivity index (χ3n) is 0. The Hall–Kier alpha value is 0.743. The number of rotatable bonds is 0. The molecular formula is H18Cl2O18Zr. The molecule has 0 unspecified atom stereocenters. The van der Waals surface area contributed by atoms with Crippen molar-refractivity contribution in [3.63, 3.8) is 0 Å². The summed E-state index contributed by atoms with van der Waals surface area (Å²) in [6.07, 6.45) is 0. The zero-order chi connectivity index (χ0) is 9.00. The van der Waals surface area contributed by atoms with Gasteiger partial charge >= 0.3 is 26.2 Å². The first-order valence-corrected chi connectivity index (χ1v) is 3.79. The maximum absolute atomic E-state index is 8.60. The quantitative estimate of drug-likeness (QED) is 0.342. The Labute approximate surface area is 139 Å². The molecule has 21 heavy (non-hydrogen) atoms. The molecule has 0 heterocycles. The van der Waals surface area contributed by atoms with Gasteiger partial charge in [-0.1, -0.05) is 0 Å². The summed E-state index contributed by atoms with van der Waals surface area (Å²) < 4.78 is 65.4. The molecule has 0 aliphatic carbocycles. The molecule has 0 amide bonds. The Morgan fingerprint density at radius 3 is 0.429 bits per heavy atom. The molecule has 18 nitrogen and oxygen atoms in total. The van der Waals surface area contributed by atoms with Crippen LogP contribution in [0.15, 0.2) is 0 Å². The van der Waals surface area contributed by atoms with Crippen LogP contribution in [0, 0.1) is 20.5 Å². The summed E-state index contributed by atoms with van der Waals surface area (Å²) in [6, 6.07) is 0. The first kappa shape index (κ1) is 122. The molecule has 0 saturated heterocycles. The molecule has 0 radical (unpaired) electrons. The predicted molar refractivity (Wildman–Crippen MR) is 34.7 cm³/mol. The summed E-state index contributed by atoms with van der Waals surface area (Å²) in [5, 5.41) is 0. The van der Waals surface area contributed by atoms with Gasteiger partial charge in [-0.15, -0.1) is 0 Å². The van der Waals surface area contributed by atoms with Gasteiger partial charge in [0.1, 0.15) is 0 Å². The Morgan fingerprint density at radius 2 is 0.429 bits per heavy atom. The van der Waals surface area contributed by atoms with Crippen LogP contribution in [-0.2, 0) is 37.2 Å². The van der Waals surface area contributed by atoms with Crippen LogP contribution < -0.4 is 28.0 Å². The molecule has 0 aliphatic heterocycles. The normalized spacial score (nSPS) is 5.71. The van der Waals surface area contributed by atoms with Crippen molar-refractivity contribution >= 4 is 0 Å². The average Bonchev–Trinajstić information content (AvgIpc) is 1.12. The SMILES string of the molecule is O.O.O.O.O.O.O.O.[O-2].[O-2].[O-][Cl+3]([O-])([O-])O.[O-][Cl+3]([O-])([O-])O.[Zr+4]. The van der Waals surface area contributed by atoms with Gasteiger partial charge in [0.25, 0.3) is 0 Å². The molecule has 21 heteroatoms. The van der Waals surface area contributed by atoms with Gasteiger partial charge in [0.2, 0.25) is 0 Å². The Morgan fingerprint density at radius 1 is 0.429 bits per heavy atom. The van der Waals surface area contributed by atoms with Gasteiger partial charge in [-0.3, -0.25) is 0 Å².